The van der Waals surface area contributed by atoms with Gasteiger partial charge < -0.3 is 4.74 Å². The second-order valence-electron chi connectivity index (χ2n) is 4.88. The van der Waals surface area contributed by atoms with Gasteiger partial charge in [0.05, 0.1) is 11.9 Å². The molecule has 1 unspecified atom stereocenters. The Hall–Kier alpha value is -0.460. The van der Waals surface area contributed by atoms with Gasteiger partial charge in [-0.2, -0.15) is 0 Å². The number of hydrogen-bond acceptors (Lipinski definition) is 1. The van der Waals surface area contributed by atoms with Crippen LogP contribution in [0.15, 0.2) is 12.3 Å². The molecule has 0 aromatic rings. The summed E-state index contributed by atoms with van der Waals surface area (Å²) >= 11 is 0. The first kappa shape index (κ1) is 12.6. The summed E-state index contributed by atoms with van der Waals surface area (Å²) in [5.74, 6) is 1.68. The second-order valence-corrected chi connectivity index (χ2v) is 4.88. The average molecular weight is 210 g/mol. The molecule has 0 amide bonds. The zero-order valence-corrected chi connectivity index (χ0v) is 10.4. The maximum atomic E-state index is 5.57. The van der Waals surface area contributed by atoms with Crippen molar-refractivity contribution >= 4 is 0 Å². The van der Waals surface area contributed by atoms with E-state index < -0.39 is 0 Å². The van der Waals surface area contributed by atoms with Gasteiger partial charge in [-0.1, -0.05) is 52.0 Å². The van der Waals surface area contributed by atoms with E-state index in [-0.39, 0.29) is 0 Å². The Labute approximate surface area is 94.9 Å². The maximum absolute atomic E-state index is 5.57. The van der Waals surface area contributed by atoms with Crippen LogP contribution in [-0.2, 0) is 4.74 Å². The highest BCUT2D eigenvalue weighted by Gasteiger charge is 2.25. The molecule has 1 fully saturated rings. The molecule has 88 valence electrons. The van der Waals surface area contributed by atoms with E-state index in [1.165, 1.54) is 51.4 Å². The lowest BCUT2D eigenvalue weighted by Crippen LogP contribution is -1.98. The van der Waals surface area contributed by atoms with E-state index in [1.807, 2.05) is 0 Å². The monoisotopic (exact) mass is 210 g/mol. The zero-order chi connectivity index (χ0) is 11.1. The van der Waals surface area contributed by atoms with Crippen molar-refractivity contribution in [3.05, 3.63) is 12.3 Å². The van der Waals surface area contributed by atoms with E-state index in [4.69, 9.17) is 4.74 Å². The number of hydrogen-bond donors (Lipinski definition) is 0. The van der Waals surface area contributed by atoms with Crippen molar-refractivity contribution in [2.24, 2.45) is 5.92 Å². The fourth-order valence-electron chi connectivity index (χ4n) is 2.38. The van der Waals surface area contributed by atoms with Crippen LogP contribution in [0.3, 0.4) is 0 Å². The van der Waals surface area contributed by atoms with Crippen LogP contribution in [-0.4, -0.2) is 6.10 Å². The fraction of sp³-hybridized carbons (Fsp3) is 0.857. The number of unbranched alkanes of at least 4 members (excludes halogenated alkanes) is 5. The molecule has 0 bridgehead atoms. The topological polar surface area (TPSA) is 9.23 Å². The predicted molar refractivity (Wildman–Crippen MR) is 65.8 cm³/mol. The van der Waals surface area contributed by atoms with E-state index >= 15 is 0 Å². The van der Waals surface area contributed by atoms with Crippen molar-refractivity contribution in [3.63, 3.8) is 0 Å². The summed E-state index contributed by atoms with van der Waals surface area (Å²) in [6.45, 7) is 8.40. The highest BCUT2D eigenvalue weighted by atomic mass is 16.5. The summed E-state index contributed by atoms with van der Waals surface area (Å²) in [6.07, 6.45) is 11.2. The van der Waals surface area contributed by atoms with Crippen LogP contribution in [0.4, 0.5) is 0 Å². The Balaban J connectivity index is 1.98. The van der Waals surface area contributed by atoms with Crippen LogP contribution >= 0.6 is 0 Å². The minimum atomic E-state index is 0.405. The third kappa shape index (κ3) is 4.72. The van der Waals surface area contributed by atoms with Crippen molar-refractivity contribution in [1.82, 2.24) is 0 Å². The lowest BCUT2D eigenvalue weighted by atomic mass is 9.96. The van der Waals surface area contributed by atoms with E-state index in [0.29, 0.717) is 12.0 Å². The second kappa shape index (κ2) is 6.92. The molecule has 1 heterocycles. The highest BCUT2D eigenvalue weighted by Crippen LogP contribution is 2.32. The van der Waals surface area contributed by atoms with Crippen molar-refractivity contribution in [3.8, 4) is 0 Å². The fourth-order valence-corrected chi connectivity index (χ4v) is 2.38. The van der Waals surface area contributed by atoms with Gasteiger partial charge in [-0.15, -0.1) is 0 Å². The van der Waals surface area contributed by atoms with E-state index in [1.54, 1.807) is 0 Å². The van der Waals surface area contributed by atoms with Gasteiger partial charge in [0.2, 0.25) is 0 Å². The summed E-state index contributed by atoms with van der Waals surface area (Å²) < 4.78 is 5.57. The molecule has 2 atom stereocenters. The van der Waals surface area contributed by atoms with Crippen LogP contribution in [0.1, 0.15) is 65.2 Å². The van der Waals surface area contributed by atoms with Gasteiger partial charge in [0.15, 0.2) is 0 Å². The Bertz CT molecular complexity index is 186. The minimum absolute atomic E-state index is 0.405. The molecule has 1 rings (SSSR count). The molecule has 1 saturated heterocycles. The summed E-state index contributed by atoms with van der Waals surface area (Å²) in [5.41, 5.74) is 0. The van der Waals surface area contributed by atoms with Crippen LogP contribution in [0.25, 0.3) is 0 Å². The summed E-state index contributed by atoms with van der Waals surface area (Å²) in [7, 11) is 0. The molecule has 1 aliphatic heterocycles. The van der Waals surface area contributed by atoms with Gasteiger partial charge in [-0.25, -0.2) is 0 Å². The first-order chi connectivity index (χ1) is 7.24. The lowest BCUT2D eigenvalue weighted by molar-refractivity contribution is 0.178. The predicted octanol–water partition coefficient (Wildman–Crippen LogP) is 4.68. The molecule has 0 spiro atoms. The van der Waals surface area contributed by atoms with Gasteiger partial charge in [0, 0.05) is 5.92 Å². The normalized spacial score (nSPS) is 25.6. The first-order valence-corrected chi connectivity index (χ1v) is 6.59. The van der Waals surface area contributed by atoms with Crippen molar-refractivity contribution < 1.29 is 4.74 Å². The zero-order valence-electron chi connectivity index (χ0n) is 10.4. The molecular weight excluding hydrogens is 184 g/mol. The Kier molecular flexibility index (Phi) is 5.82. The molecule has 0 aromatic heterocycles. The van der Waals surface area contributed by atoms with Gasteiger partial charge in [0.1, 0.15) is 0 Å². The van der Waals surface area contributed by atoms with E-state index in [9.17, 15) is 0 Å². The molecule has 1 heteroatoms. The van der Waals surface area contributed by atoms with Crippen molar-refractivity contribution in [1.29, 1.82) is 0 Å². The van der Waals surface area contributed by atoms with Crippen LogP contribution in [0, 0.1) is 5.92 Å². The van der Waals surface area contributed by atoms with Crippen LogP contribution in [0.5, 0.6) is 0 Å². The molecule has 0 aromatic carbocycles. The third-order valence-electron chi connectivity index (χ3n) is 3.33. The molecule has 15 heavy (non-hydrogen) atoms. The quantitative estimate of drug-likeness (QED) is 0.555. The molecule has 0 saturated carbocycles. The van der Waals surface area contributed by atoms with Gasteiger partial charge in [-0.3, -0.25) is 0 Å². The molecule has 0 aliphatic carbocycles. The van der Waals surface area contributed by atoms with Crippen molar-refractivity contribution in [2.45, 2.75) is 71.3 Å². The SMILES string of the molecule is C=C1OC(C)C[C@H]1CCCCCCCC. The van der Waals surface area contributed by atoms with Gasteiger partial charge in [0.25, 0.3) is 0 Å². The summed E-state index contributed by atoms with van der Waals surface area (Å²) in [6, 6.07) is 0. The lowest BCUT2D eigenvalue weighted by Gasteiger charge is -2.07. The maximum Gasteiger partial charge on any atom is 0.0961 e. The molecular formula is C14H26O. The van der Waals surface area contributed by atoms with Gasteiger partial charge >= 0.3 is 0 Å². The number of allylic oxidation sites excluding steroid dienone is 1. The Morgan fingerprint density at radius 1 is 1.20 bits per heavy atom. The van der Waals surface area contributed by atoms with Crippen molar-refractivity contribution in [2.75, 3.05) is 0 Å². The highest BCUT2D eigenvalue weighted by molar-refractivity contribution is 4.98. The minimum Gasteiger partial charge on any atom is -0.495 e. The van der Waals surface area contributed by atoms with Crippen LogP contribution < -0.4 is 0 Å². The first-order valence-electron chi connectivity index (χ1n) is 6.59. The standard InChI is InChI=1S/C14H26O/c1-4-5-6-7-8-9-10-14-11-12(2)15-13(14)3/h12,14H,3-11H2,1-2H3/t12?,14-/m1/s1. The Morgan fingerprint density at radius 2 is 1.87 bits per heavy atom. The van der Waals surface area contributed by atoms with Gasteiger partial charge in [-0.05, 0) is 19.8 Å². The largest absolute Gasteiger partial charge is 0.495 e. The Morgan fingerprint density at radius 3 is 2.47 bits per heavy atom. The van der Waals surface area contributed by atoms with Crippen LogP contribution in [0.2, 0.25) is 0 Å². The molecule has 0 N–H and O–H groups in total. The number of ether oxygens (including phenoxy) is 1. The molecule has 1 aliphatic rings. The van der Waals surface area contributed by atoms with E-state index in [2.05, 4.69) is 20.4 Å². The summed E-state index contributed by atoms with van der Waals surface area (Å²) in [5, 5.41) is 0. The van der Waals surface area contributed by atoms with E-state index in [0.717, 1.165) is 5.76 Å². The number of rotatable bonds is 7. The molecule has 1 nitrogen and oxygen atoms in total. The average Bonchev–Trinajstić information content (AvgIpc) is 2.51. The third-order valence-corrected chi connectivity index (χ3v) is 3.33. The smallest absolute Gasteiger partial charge is 0.0961 e. The molecule has 0 radical (unpaired) electrons. The summed E-state index contributed by atoms with van der Waals surface area (Å²) in [4.78, 5) is 0.